The van der Waals surface area contributed by atoms with Gasteiger partial charge in [0.2, 0.25) is 15.9 Å². The van der Waals surface area contributed by atoms with Crippen LogP contribution >= 0.6 is 11.6 Å². The minimum atomic E-state index is -3.61. The molecule has 0 unspecified atom stereocenters. The quantitative estimate of drug-likeness (QED) is 0.837. The molecule has 0 bridgehead atoms. The van der Waals surface area contributed by atoms with Gasteiger partial charge in [0, 0.05) is 11.6 Å². The monoisotopic (exact) mass is 380 g/mol. The van der Waals surface area contributed by atoms with Gasteiger partial charge in [0.05, 0.1) is 11.9 Å². The molecule has 134 valence electrons. The number of sulfonamides is 1. The molecule has 0 spiro atoms. The van der Waals surface area contributed by atoms with Crippen molar-refractivity contribution in [2.24, 2.45) is 0 Å². The van der Waals surface area contributed by atoms with Crippen LogP contribution in [-0.4, -0.2) is 27.1 Å². The molecule has 25 heavy (non-hydrogen) atoms. The zero-order valence-corrected chi connectivity index (χ0v) is 16.0. The first-order valence-corrected chi connectivity index (χ1v) is 9.95. The summed E-state index contributed by atoms with van der Waals surface area (Å²) in [7, 11) is -3.61. The van der Waals surface area contributed by atoms with Gasteiger partial charge in [-0.2, -0.15) is 0 Å². The van der Waals surface area contributed by atoms with Crippen LogP contribution in [0, 0.1) is 13.8 Å². The number of benzene rings is 2. The number of hydrogen-bond acceptors (Lipinski definition) is 3. The Kier molecular flexibility index (Phi) is 6.08. The number of carbonyl (C=O) groups is 1. The van der Waals surface area contributed by atoms with E-state index in [9.17, 15) is 13.2 Å². The third-order valence-electron chi connectivity index (χ3n) is 3.73. The standard InChI is InChI=1S/C18H21ClN2O3S/c1-13-4-6-15(7-5-13)11-20-18(22)12-21(25(3,23)24)17-9-8-16(19)10-14(17)2/h4-10H,11-12H2,1-3H3,(H,20,22). The fraction of sp³-hybridized carbons (Fsp3) is 0.278. The summed E-state index contributed by atoms with van der Waals surface area (Å²) >= 11 is 5.92. The van der Waals surface area contributed by atoms with E-state index >= 15 is 0 Å². The number of rotatable bonds is 6. The van der Waals surface area contributed by atoms with E-state index in [4.69, 9.17) is 11.6 Å². The lowest BCUT2D eigenvalue weighted by atomic mass is 10.1. The number of hydrogen-bond donors (Lipinski definition) is 1. The first-order chi connectivity index (χ1) is 11.7. The molecule has 1 amide bonds. The summed E-state index contributed by atoms with van der Waals surface area (Å²) < 4.78 is 25.3. The lowest BCUT2D eigenvalue weighted by Gasteiger charge is -2.23. The van der Waals surface area contributed by atoms with E-state index in [1.807, 2.05) is 31.2 Å². The lowest BCUT2D eigenvalue weighted by molar-refractivity contribution is -0.119. The zero-order chi connectivity index (χ0) is 18.6. The molecule has 2 rings (SSSR count). The second-order valence-corrected chi connectivity index (χ2v) is 8.31. The normalized spacial score (nSPS) is 11.2. The van der Waals surface area contributed by atoms with Gasteiger partial charge in [-0.05, 0) is 43.2 Å². The summed E-state index contributed by atoms with van der Waals surface area (Å²) in [6, 6.07) is 12.6. The average molecular weight is 381 g/mol. The minimum Gasteiger partial charge on any atom is -0.350 e. The van der Waals surface area contributed by atoms with Gasteiger partial charge in [-0.25, -0.2) is 8.42 Å². The molecule has 0 aliphatic carbocycles. The highest BCUT2D eigenvalue weighted by atomic mass is 35.5. The molecule has 2 aromatic carbocycles. The summed E-state index contributed by atoms with van der Waals surface area (Å²) in [5.74, 6) is -0.375. The molecule has 0 aromatic heterocycles. The molecule has 0 radical (unpaired) electrons. The molecule has 0 saturated heterocycles. The molecule has 0 fully saturated rings. The summed E-state index contributed by atoms with van der Waals surface area (Å²) in [6.45, 7) is 3.80. The van der Waals surface area contributed by atoms with Crippen molar-refractivity contribution in [2.75, 3.05) is 17.1 Å². The Morgan fingerprint density at radius 1 is 1.12 bits per heavy atom. The van der Waals surface area contributed by atoms with Crippen LogP contribution in [0.5, 0.6) is 0 Å². The van der Waals surface area contributed by atoms with Crippen LogP contribution in [0.4, 0.5) is 5.69 Å². The summed E-state index contributed by atoms with van der Waals surface area (Å²) in [4.78, 5) is 12.2. The average Bonchev–Trinajstić information content (AvgIpc) is 2.52. The Morgan fingerprint density at radius 3 is 2.32 bits per heavy atom. The van der Waals surface area contributed by atoms with E-state index in [2.05, 4.69) is 5.32 Å². The van der Waals surface area contributed by atoms with Gasteiger partial charge >= 0.3 is 0 Å². The Labute approximate surface area is 153 Å². The Hall–Kier alpha value is -2.05. The second kappa shape index (κ2) is 7.89. The lowest BCUT2D eigenvalue weighted by Crippen LogP contribution is -2.40. The Morgan fingerprint density at radius 2 is 1.76 bits per heavy atom. The maximum absolute atomic E-state index is 12.2. The molecule has 0 aliphatic rings. The number of anilines is 1. The highest BCUT2D eigenvalue weighted by Gasteiger charge is 2.22. The molecular weight excluding hydrogens is 360 g/mol. The SMILES string of the molecule is Cc1ccc(CNC(=O)CN(c2ccc(Cl)cc2C)S(C)(=O)=O)cc1. The summed E-state index contributed by atoms with van der Waals surface area (Å²) in [5.41, 5.74) is 3.21. The van der Waals surface area contributed by atoms with Crippen molar-refractivity contribution in [3.8, 4) is 0 Å². The van der Waals surface area contributed by atoms with Crippen LogP contribution in [0.15, 0.2) is 42.5 Å². The van der Waals surface area contributed by atoms with Crippen molar-refractivity contribution in [1.82, 2.24) is 5.32 Å². The number of nitrogens with zero attached hydrogens (tertiary/aromatic N) is 1. The van der Waals surface area contributed by atoms with Crippen molar-refractivity contribution in [2.45, 2.75) is 20.4 Å². The molecule has 7 heteroatoms. The van der Waals surface area contributed by atoms with Gasteiger partial charge < -0.3 is 5.32 Å². The van der Waals surface area contributed by atoms with Crippen LogP contribution in [-0.2, 0) is 21.4 Å². The summed E-state index contributed by atoms with van der Waals surface area (Å²) in [5, 5.41) is 3.26. The first-order valence-electron chi connectivity index (χ1n) is 7.73. The third kappa shape index (κ3) is 5.47. The Balaban J connectivity index is 2.11. The van der Waals surface area contributed by atoms with Gasteiger partial charge in [-0.3, -0.25) is 9.10 Å². The van der Waals surface area contributed by atoms with E-state index in [-0.39, 0.29) is 12.5 Å². The Bertz CT molecular complexity index is 864. The molecule has 5 nitrogen and oxygen atoms in total. The van der Waals surface area contributed by atoms with Gasteiger partial charge in [-0.1, -0.05) is 41.4 Å². The second-order valence-electron chi connectivity index (χ2n) is 5.96. The molecule has 0 heterocycles. The number of aryl methyl sites for hydroxylation is 2. The molecule has 2 aromatic rings. The first kappa shape index (κ1) is 19.3. The molecule has 0 aliphatic heterocycles. The van der Waals surface area contributed by atoms with E-state index in [1.165, 1.54) is 0 Å². The van der Waals surface area contributed by atoms with Crippen LogP contribution in [0.25, 0.3) is 0 Å². The number of halogens is 1. The van der Waals surface area contributed by atoms with Gasteiger partial charge in [-0.15, -0.1) is 0 Å². The smallest absolute Gasteiger partial charge is 0.241 e. The number of carbonyl (C=O) groups excluding carboxylic acids is 1. The van der Waals surface area contributed by atoms with Crippen LogP contribution < -0.4 is 9.62 Å². The highest BCUT2D eigenvalue weighted by molar-refractivity contribution is 7.92. The van der Waals surface area contributed by atoms with Gasteiger partial charge in [0.25, 0.3) is 0 Å². The van der Waals surface area contributed by atoms with E-state index in [1.54, 1.807) is 25.1 Å². The third-order valence-corrected chi connectivity index (χ3v) is 5.09. The number of amides is 1. The zero-order valence-electron chi connectivity index (χ0n) is 14.4. The molecular formula is C18H21ClN2O3S. The van der Waals surface area contributed by atoms with Crippen LogP contribution in [0.3, 0.4) is 0 Å². The van der Waals surface area contributed by atoms with E-state index in [0.29, 0.717) is 22.8 Å². The molecule has 0 saturated carbocycles. The maximum Gasteiger partial charge on any atom is 0.241 e. The highest BCUT2D eigenvalue weighted by Crippen LogP contribution is 2.25. The number of nitrogens with one attached hydrogen (secondary N) is 1. The van der Waals surface area contributed by atoms with Crippen molar-refractivity contribution >= 4 is 33.2 Å². The van der Waals surface area contributed by atoms with E-state index < -0.39 is 10.0 Å². The van der Waals surface area contributed by atoms with Crippen LogP contribution in [0.1, 0.15) is 16.7 Å². The minimum absolute atomic E-state index is 0.285. The maximum atomic E-state index is 12.2. The topological polar surface area (TPSA) is 66.5 Å². The van der Waals surface area contributed by atoms with Crippen molar-refractivity contribution in [3.05, 3.63) is 64.2 Å². The molecule has 1 N–H and O–H groups in total. The van der Waals surface area contributed by atoms with Crippen molar-refractivity contribution < 1.29 is 13.2 Å². The van der Waals surface area contributed by atoms with Crippen LogP contribution in [0.2, 0.25) is 5.02 Å². The molecule has 0 atom stereocenters. The fourth-order valence-electron chi connectivity index (χ4n) is 2.37. The van der Waals surface area contributed by atoms with E-state index in [0.717, 1.165) is 21.7 Å². The fourth-order valence-corrected chi connectivity index (χ4v) is 3.51. The predicted octanol–water partition coefficient (Wildman–Crippen LogP) is 3.04. The van der Waals surface area contributed by atoms with Gasteiger partial charge in [0.1, 0.15) is 6.54 Å². The van der Waals surface area contributed by atoms with Gasteiger partial charge in [0.15, 0.2) is 0 Å². The largest absolute Gasteiger partial charge is 0.350 e. The summed E-state index contributed by atoms with van der Waals surface area (Å²) in [6.07, 6.45) is 1.08. The van der Waals surface area contributed by atoms with Crippen molar-refractivity contribution in [1.29, 1.82) is 0 Å². The predicted molar refractivity (Wildman–Crippen MR) is 101 cm³/mol. The van der Waals surface area contributed by atoms with Crippen molar-refractivity contribution in [3.63, 3.8) is 0 Å².